The van der Waals surface area contributed by atoms with Crippen LogP contribution < -0.4 is 0 Å². The van der Waals surface area contributed by atoms with Crippen molar-refractivity contribution in [3.63, 3.8) is 0 Å². The van der Waals surface area contributed by atoms with Gasteiger partial charge in [-0.2, -0.15) is 0 Å². The fraction of sp³-hybridized carbons (Fsp3) is 0.800. The van der Waals surface area contributed by atoms with Crippen molar-refractivity contribution < 1.29 is 14.2 Å². The summed E-state index contributed by atoms with van der Waals surface area (Å²) >= 11 is 0. The second-order valence-corrected chi connectivity index (χ2v) is 3.86. The Balaban J connectivity index is 1.92. The third-order valence-electron chi connectivity index (χ3n) is 2.80. The number of ether oxygens (including phenoxy) is 3. The van der Waals surface area contributed by atoms with Crippen LogP contribution in [0.4, 0.5) is 0 Å². The van der Waals surface area contributed by atoms with E-state index in [1.807, 2.05) is 0 Å². The SMILES string of the molecule is COC1OCC2(CC=CCC2)CO1. The van der Waals surface area contributed by atoms with E-state index in [1.54, 1.807) is 7.11 Å². The third kappa shape index (κ3) is 1.93. The molecular formula is C10H16O3. The molecule has 0 aromatic rings. The summed E-state index contributed by atoms with van der Waals surface area (Å²) in [6.45, 7) is 1.07. The first-order valence-corrected chi connectivity index (χ1v) is 4.76. The Bertz CT molecular complexity index is 192. The van der Waals surface area contributed by atoms with Crippen LogP contribution in [0.5, 0.6) is 0 Å². The minimum absolute atomic E-state index is 0.226. The first kappa shape index (κ1) is 9.19. The summed E-state index contributed by atoms with van der Waals surface area (Å²) in [4.78, 5) is 0. The molecule has 1 aliphatic heterocycles. The Hall–Kier alpha value is -0.380. The Morgan fingerprint density at radius 2 is 2.08 bits per heavy atom. The number of allylic oxidation sites excluding steroid dienone is 2. The Morgan fingerprint density at radius 1 is 1.31 bits per heavy atom. The van der Waals surface area contributed by atoms with E-state index >= 15 is 0 Å². The molecule has 0 aromatic carbocycles. The molecule has 1 saturated heterocycles. The first-order chi connectivity index (χ1) is 6.35. The van der Waals surface area contributed by atoms with Gasteiger partial charge in [0.05, 0.1) is 13.2 Å². The van der Waals surface area contributed by atoms with Gasteiger partial charge in [-0.25, -0.2) is 0 Å². The molecule has 74 valence electrons. The van der Waals surface area contributed by atoms with Crippen molar-refractivity contribution in [3.05, 3.63) is 12.2 Å². The molecule has 3 heteroatoms. The molecule has 0 amide bonds. The lowest BCUT2D eigenvalue weighted by Crippen LogP contribution is -2.42. The standard InChI is InChI=1S/C10H16O3/c1-11-9-12-7-10(8-13-9)5-3-2-4-6-10/h2-3,9H,4-8H2,1H3. The minimum atomic E-state index is -0.448. The molecule has 1 heterocycles. The molecule has 1 fully saturated rings. The summed E-state index contributed by atoms with van der Waals surface area (Å²) in [6.07, 6.45) is 7.84. The average molecular weight is 184 g/mol. The van der Waals surface area contributed by atoms with Crippen LogP contribution in [0.2, 0.25) is 0 Å². The second kappa shape index (κ2) is 3.78. The van der Waals surface area contributed by atoms with Gasteiger partial charge in [-0.3, -0.25) is 0 Å². The summed E-state index contributed by atoms with van der Waals surface area (Å²) in [7, 11) is 1.60. The van der Waals surface area contributed by atoms with Gasteiger partial charge < -0.3 is 14.2 Å². The lowest BCUT2D eigenvalue weighted by Gasteiger charge is -2.40. The normalized spacial score (nSPS) is 39.6. The molecule has 2 rings (SSSR count). The Morgan fingerprint density at radius 3 is 2.62 bits per heavy atom. The van der Waals surface area contributed by atoms with Crippen LogP contribution in [0.15, 0.2) is 12.2 Å². The summed E-state index contributed by atoms with van der Waals surface area (Å²) in [5, 5.41) is 0. The predicted octanol–water partition coefficient (Wildman–Crippen LogP) is 1.69. The maximum Gasteiger partial charge on any atom is 0.271 e. The molecule has 0 N–H and O–H groups in total. The van der Waals surface area contributed by atoms with E-state index in [4.69, 9.17) is 14.2 Å². The molecular weight excluding hydrogens is 168 g/mol. The van der Waals surface area contributed by atoms with Crippen molar-refractivity contribution in [2.24, 2.45) is 5.41 Å². The van der Waals surface area contributed by atoms with Gasteiger partial charge in [0.2, 0.25) is 0 Å². The highest BCUT2D eigenvalue weighted by atomic mass is 16.8. The monoisotopic (exact) mass is 184 g/mol. The molecule has 1 spiro atoms. The fourth-order valence-corrected chi connectivity index (χ4v) is 1.92. The molecule has 0 aromatic heterocycles. The number of methoxy groups -OCH3 is 1. The van der Waals surface area contributed by atoms with Crippen LogP contribution in [-0.4, -0.2) is 26.8 Å². The van der Waals surface area contributed by atoms with Crippen LogP contribution >= 0.6 is 0 Å². The molecule has 0 saturated carbocycles. The van der Waals surface area contributed by atoms with Gasteiger partial charge in [0.25, 0.3) is 6.48 Å². The number of hydrogen-bond donors (Lipinski definition) is 0. The molecule has 2 aliphatic rings. The number of hydrogen-bond acceptors (Lipinski definition) is 3. The highest BCUT2D eigenvalue weighted by Crippen LogP contribution is 2.36. The van der Waals surface area contributed by atoms with Gasteiger partial charge in [-0.15, -0.1) is 0 Å². The van der Waals surface area contributed by atoms with Crippen molar-refractivity contribution in [2.75, 3.05) is 20.3 Å². The van der Waals surface area contributed by atoms with Gasteiger partial charge in [0.1, 0.15) is 0 Å². The fourth-order valence-electron chi connectivity index (χ4n) is 1.92. The third-order valence-corrected chi connectivity index (χ3v) is 2.80. The lowest BCUT2D eigenvalue weighted by molar-refractivity contribution is -0.330. The summed E-state index contributed by atoms with van der Waals surface area (Å²) in [6, 6.07) is 0. The summed E-state index contributed by atoms with van der Waals surface area (Å²) < 4.78 is 15.8. The molecule has 13 heavy (non-hydrogen) atoms. The van der Waals surface area contributed by atoms with E-state index < -0.39 is 6.48 Å². The van der Waals surface area contributed by atoms with Crippen molar-refractivity contribution in [1.29, 1.82) is 0 Å². The van der Waals surface area contributed by atoms with Crippen LogP contribution in [0.1, 0.15) is 19.3 Å². The van der Waals surface area contributed by atoms with Crippen molar-refractivity contribution in [3.8, 4) is 0 Å². The second-order valence-electron chi connectivity index (χ2n) is 3.86. The van der Waals surface area contributed by atoms with Crippen LogP contribution in [-0.2, 0) is 14.2 Å². The van der Waals surface area contributed by atoms with Gasteiger partial charge in [-0.05, 0) is 19.3 Å². The van der Waals surface area contributed by atoms with E-state index in [2.05, 4.69) is 12.2 Å². The van der Waals surface area contributed by atoms with Crippen LogP contribution in [0, 0.1) is 5.41 Å². The smallest absolute Gasteiger partial charge is 0.271 e. The lowest BCUT2D eigenvalue weighted by atomic mass is 9.78. The van der Waals surface area contributed by atoms with E-state index in [9.17, 15) is 0 Å². The highest BCUT2D eigenvalue weighted by molar-refractivity contribution is 4.98. The minimum Gasteiger partial charge on any atom is -0.333 e. The van der Waals surface area contributed by atoms with Gasteiger partial charge in [0.15, 0.2) is 0 Å². The maximum atomic E-state index is 5.44. The van der Waals surface area contributed by atoms with Crippen LogP contribution in [0.3, 0.4) is 0 Å². The van der Waals surface area contributed by atoms with Crippen molar-refractivity contribution >= 4 is 0 Å². The van der Waals surface area contributed by atoms with Gasteiger partial charge in [-0.1, -0.05) is 12.2 Å². The zero-order chi connectivity index (χ0) is 9.15. The molecule has 0 atom stereocenters. The zero-order valence-corrected chi connectivity index (χ0v) is 7.99. The first-order valence-electron chi connectivity index (χ1n) is 4.76. The average Bonchev–Trinajstić information content (AvgIpc) is 2.20. The van der Waals surface area contributed by atoms with E-state index in [-0.39, 0.29) is 5.41 Å². The number of rotatable bonds is 1. The van der Waals surface area contributed by atoms with Crippen molar-refractivity contribution in [1.82, 2.24) is 0 Å². The molecule has 1 aliphatic carbocycles. The molecule has 0 radical (unpaired) electrons. The van der Waals surface area contributed by atoms with E-state index in [0.29, 0.717) is 0 Å². The van der Waals surface area contributed by atoms with E-state index in [1.165, 1.54) is 6.42 Å². The van der Waals surface area contributed by atoms with Gasteiger partial charge >= 0.3 is 0 Å². The molecule has 0 bridgehead atoms. The summed E-state index contributed by atoms with van der Waals surface area (Å²) in [5.74, 6) is 0. The zero-order valence-electron chi connectivity index (χ0n) is 7.99. The predicted molar refractivity (Wildman–Crippen MR) is 48.1 cm³/mol. The topological polar surface area (TPSA) is 27.7 Å². The quantitative estimate of drug-likeness (QED) is 0.580. The molecule has 0 unspecified atom stereocenters. The van der Waals surface area contributed by atoms with E-state index in [0.717, 1.165) is 26.1 Å². The highest BCUT2D eigenvalue weighted by Gasteiger charge is 2.36. The largest absolute Gasteiger partial charge is 0.333 e. The van der Waals surface area contributed by atoms with Gasteiger partial charge in [0, 0.05) is 12.5 Å². The van der Waals surface area contributed by atoms with Crippen LogP contribution in [0.25, 0.3) is 0 Å². The van der Waals surface area contributed by atoms with Crippen molar-refractivity contribution in [2.45, 2.75) is 25.7 Å². The molecule has 3 nitrogen and oxygen atoms in total. The summed E-state index contributed by atoms with van der Waals surface area (Å²) in [5.41, 5.74) is 0.226. The Labute approximate surface area is 78.7 Å². The maximum absolute atomic E-state index is 5.44. The Kier molecular flexibility index (Phi) is 2.67.